The molecule has 0 fully saturated rings. The summed E-state index contributed by atoms with van der Waals surface area (Å²) in [5.74, 6) is -3.39. The van der Waals surface area contributed by atoms with Gasteiger partial charge in [0.15, 0.2) is 0 Å². The average Bonchev–Trinajstić information content (AvgIpc) is 2.79. The Morgan fingerprint density at radius 3 is 1.67 bits per heavy atom. The van der Waals surface area contributed by atoms with Gasteiger partial charge in [-0.3, -0.25) is 14.4 Å². The van der Waals surface area contributed by atoms with Gasteiger partial charge in [-0.25, -0.2) is 4.79 Å². The molecule has 192 valence electrons. The maximum Gasteiger partial charge on any atom is 0.326 e. The first-order valence-corrected chi connectivity index (χ1v) is 11.5. The summed E-state index contributed by atoms with van der Waals surface area (Å²) in [5.41, 5.74) is 16.6. The van der Waals surface area contributed by atoms with Gasteiger partial charge in [-0.15, -0.1) is 0 Å². The van der Waals surface area contributed by atoms with E-state index in [1.807, 2.05) is 6.92 Å². The molecular weight excluding hydrogens is 432 g/mol. The fraction of sp³-hybridized carbons (Fsp3) is 0.810. The summed E-state index contributed by atoms with van der Waals surface area (Å²) in [6, 6.07) is -4.28. The van der Waals surface area contributed by atoms with Crippen molar-refractivity contribution in [1.82, 2.24) is 16.0 Å². The largest absolute Gasteiger partial charge is 0.480 e. The van der Waals surface area contributed by atoms with Crippen LogP contribution in [-0.4, -0.2) is 77.8 Å². The number of hydrogen-bond donors (Lipinski definition) is 8. The summed E-state index contributed by atoms with van der Waals surface area (Å²) < 4.78 is 0. The lowest BCUT2D eigenvalue weighted by molar-refractivity contribution is -0.144. The monoisotopic (exact) mass is 474 g/mol. The average molecular weight is 475 g/mol. The number of unbranched alkanes of at least 4 members (excludes halogenated alkanes) is 2. The molecule has 5 unspecified atom stereocenters. The second kappa shape index (κ2) is 17.2. The van der Waals surface area contributed by atoms with Gasteiger partial charge in [0, 0.05) is 0 Å². The number of aliphatic carboxylic acids is 1. The molecule has 11 N–H and O–H groups in total. The zero-order valence-corrected chi connectivity index (χ0v) is 19.7. The SMILES string of the molecule is CCC(C)C(NC(=O)C(CCCCN)NC(=O)C(CCCCN)NC(=O)C(N)CO)C(=O)O. The molecule has 0 aliphatic carbocycles. The summed E-state index contributed by atoms with van der Waals surface area (Å²) in [6.45, 7) is 3.77. The van der Waals surface area contributed by atoms with Crippen LogP contribution >= 0.6 is 0 Å². The summed E-state index contributed by atoms with van der Waals surface area (Å²) in [7, 11) is 0. The van der Waals surface area contributed by atoms with Crippen LogP contribution in [0.1, 0.15) is 58.8 Å². The van der Waals surface area contributed by atoms with Crippen LogP contribution in [0.4, 0.5) is 0 Å². The molecule has 0 saturated heterocycles. The predicted octanol–water partition coefficient (Wildman–Crippen LogP) is -1.85. The Hall–Kier alpha value is -2.28. The first-order chi connectivity index (χ1) is 15.6. The van der Waals surface area contributed by atoms with Crippen LogP contribution in [0.2, 0.25) is 0 Å². The summed E-state index contributed by atoms with van der Waals surface area (Å²) >= 11 is 0. The molecule has 0 heterocycles. The van der Waals surface area contributed by atoms with Crippen LogP contribution in [0.25, 0.3) is 0 Å². The van der Waals surface area contributed by atoms with Crippen LogP contribution in [0.15, 0.2) is 0 Å². The highest BCUT2D eigenvalue weighted by molar-refractivity contribution is 5.94. The zero-order chi connectivity index (χ0) is 25.4. The van der Waals surface area contributed by atoms with E-state index in [0.717, 1.165) is 0 Å². The number of rotatable bonds is 18. The normalized spacial score (nSPS) is 15.6. The highest BCUT2D eigenvalue weighted by Gasteiger charge is 2.31. The van der Waals surface area contributed by atoms with Crippen molar-refractivity contribution in [2.75, 3.05) is 19.7 Å². The molecule has 0 bridgehead atoms. The van der Waals surface area contributed by atoms with Crippen LogP contribution < -0.4 is 33.2 Å². The Kier molecular flexibility index (Phi) is 16.0. The number of hydrogen-bond acceptors (Lipinski definition) is 8. The number of carbonyl (C=O) groups is 4. The first-order valence-electron chi connectivity index (χ1n) is 11.5. The number of aliphatic hydroxyl groups is 1. The molecule has 3 amide bonds. The summed E-state index contributed by atoms with van der Waals surface area (Å²) in [4.78, 5) is 49.6. The van der Waals surface area contributed by atoms with E-state index in [1.165, 1.54) is 0 Å². The van der Waals surface area contributed by atoms with Crippen LogP contribution in [-0.2, 0) is 19.2 Å². The number of nitrogens with two attached hydrogens (primary N) is 3. The van der Waals surface area contributed by atoms with Crippen molar-refractivity contribution in [3.63, 3.8) is 0 Å². The van der Waals surface area contributed by atoms with Crippen LogP contribution in [0, 0.1) is 5.92 Å². The number of aliphatic hydroxyl groups excluding tert-OH is 1. The van der Waals surface area contributed by atoms with E-state index in [1.54, 1.807) is 6.92 Å². The molecule has 0 aliphatic rings. The minimum absolute atomic E-state index is 0.251. The van der Waals surface area contributed by atoms with Crippen molar-refractivity contribution in [3.05, 3.63) is 0 Å². The summed E-state index contributed by atoms with van der Waals surface area (Å²) in [6.07, 6.45) is 3.38. The number of carboxylic acid groups (broad SMARTS) is 1. The van der Waals surface area contributed by atoms with Crippen molar-refractivity contribution >= 4 is 23.7 Å². The molecule has 12 nitrogen and oxygen atoms in total. The molecule has 0 spiro atoms. The molecule has 0 aliphatic heterocycles. The van der Waals surface area contributed by atoms with E-state index >= 15 is 0 Å². The van der Waals surface area contributed by atoms with Gasteiger partial charge in [0.25, 0.3) is 0 Å². The Morgan fingerprint density at radius 2 is 1.27 bits per heavy atom. The maximum absolute atomic E-state index is 13.0. The van der Waals surface area contributed by atoms with Crippen molar-refractivity contribution in [2.24, 2.45) is 23.1 Å². The molecule has 0 aromatic carbocycles. The molecule has 0 saturated carbocycles. The smallest absolute Gasteiger partial charge is 0.326 e. The Balaban J connectivity index is 5.50. The van der Waals surface area contributed by atoms with Crippen LogP contribution in [0.5, 0.6) is 0 Å². The van der Waals surface area contributed by atoms with Crippen molar-refractivity contribution in [2.45, 2.75) is 83.0 Å². The van der Waals surface area contributed by atoms with E-state index in [4.69, 9.17) is 22.3 Å². The van der Waals surface area contributed by atoms with Crippen molar-refractivity contribution < 1.29 is 29.4 Å². The molecule has 33 heavy (non-hydrogen) atoms. The fourth-order valence-electron chi connectivity index (χ4n) is 3.09. The summed E-state index contributed by atoms with van der Waals surface area (Å²) in [5, 5.41) is 26.2. The third-order valence-electron chi connectivity index (χ3n) is 5.47. The Labute approximate surface area is 195 Å². The second-order valence-electron chi connectivity index (χ2n) is 8.19. The molecule has 0 aromatic heterocycles. The number of amides is 3. The minimum atomic E-state index is -1.19. The highest BCUT2D eigenvalue weighted by atomic mass is 16.4. The lowest BCUT2D eigenvalue weighted by Gasteiger charge is -2.26. The molecule has 0 rings (SSSR count). The molecule has 12 heteroatoms. The topological polar surface area (TPSA) is 223 Å². The molecule has 0 aromatic rings. The van der Waals surface area contributed by atoms with Gasteiger partial charge in [-0.2, -0.15) is 0 Å². The standard InChI is InChI=1S/C21H42N6O6/c1-3-13(2)17(21(32)33)27-20(31)16(9-5-7-11-23)26-19(30)15(8-4-6-10-22)25-18(29)14(24)12-28/h13-17,28H,3-12,22-24H2,1-2H3,(H,25,29)(H,26,30)(H,27,31)(H,32,33). The van der Waals surface area contributed by atoms with Crippen molar-refractivity contribution in [1.29, 1.82) is 0 Å². The van der Waals surface area contributed by atoms with Gasteiger partial charge >= 0.3 is 5.97 Å². The van der Waals surface area contributed by atoms with Gasteiger partial charge in [0.2, 0.25) is 17.7 Å². The van der Waals surface area contributed by atoms with Gasteiger partial charge in [-0.05, 0) is 57.5 Å². The zero-order valence-electron chi connectivity index (χ0n) is 19.7. The number of nitrogens with one attached hydrogen (secondary N) is 3. The van der Waals surface area contributed by atoms with E-state index < -0.39 is 54.5 Å². The van der Waals surface area contributed by atoms with Gasteiger partial charge < -0.3 is 43.4 Å². The Bertz CT molecular complexity index is 620. The second-order valence-corrected chi connectivity index (χ2v) is 8.19. The maximum atomic E-state index is 13.0. The lowest BCUT2D eigenvalue weighted by Crippen LogP contribution is -2.58. The minimum Gasteiger partial charge on any atom is -0.480 e. The van der Waals surface area contributed by atoms with Crippen LogP contribution in [0.3, 0.4) is 0 Å². The van der Waals surface area contributed by atoms with E-state index in [9.17, 15) is 24.3 Å². The predicted molar refractivity (Wildman–Crippen MR) is 124 cm³/mol. The Morgan fingerprint density at radius 1 is 0.818 bits per heavy atom. The first kappa shape index (κ1) is 30.7. The number of carboxylic acids is 1. The van der Waals surface area contributed by atoms with Gasteiger partial charge in [0.05, 0.1) is 6.61 Å². The third-order valence-corrected chi connectivity index (χ3v) is 5.47. The number of carbonyl (C=O) groups excluding carboxylic acids is 3. The van der Waals surface area contributed by atoms with Gasteiger partial charge in [-0.1, -0.05) is 20.3 Å². The lowest BCUT2D eigenvalue weighted by atomic mass is 9.98. The van der Waals surface area contributed by atoms with E-state index in [2.05, 4.69) is 16.0 Å². The quantitative estimate of drug-likeness (QED) is 0.104. The highest BCUT2D eigenvalue weighted by Crippen LogP contribution is 2.10. The van der Waals surface area contributed by atoms with E-state index in [0.29, 0.717) is 45.2 Å². The van der Waals surface area contributed by atoms with Gasteiger partial charge in [0.1, 0.15) is 24.2 Å². The molecule has 0 radical (unpaired) electrons. The third kappa shape index (κ3) is 11.9. The molecule has 5 atom stereocenters. The van der Waals surface area contributed by atoms with E-state index in [-0.39, 0.29) is 18.8 Å². The molecular formula is C21H42N6O6. The fourth-order valence-corrected chi connectivity index (χ4v) is 3.09. The van der Waals surface area contributed by atoms with Crippen molar-refractivity contribution in [3.8, 4) is 0 Å².